The fourth-order valence-electron chi connectivity index (χ4n) is 2.33. The lowest BCUT2D eigenvalue weighted by Crippen LogP contribution is -2.35. The predicted molar refractivity (Wildman–Crippen MR) is 70.8 cm³/mol. The van der Waals surface area contributed by atoms with Gasteiger partial charge in [-0.25, -0.2) is 0 Å². The molecule has 0 heterocycles. The molecule has 0 spiro atoms. The van der Waals surface area contributed by atoms with E-state index in [0.717, 1.165) is 6.54 Å². The SMILES string of the molecule is N#CCCN(c1ccccc1)C1C=CCCC1. The molecular formula is C15H18N2. The number of rotatable bonds is 4. The highest BCUT2D eigenvalue weighted by molar-refractivity contribution is 5.48. The van der Waals surface area contributed by atoms with Crippen molar-refractivity contribution < 1.29 is 0 Å². The molecule has 2 rings (SSSR count). The first-order valence-electron chi connectivity index (χ1n) is 6.27. The van der Waals surface area contributed by atoms with Crippen LogP contribution < -0.4 is 4.90 Å². The number of allylic oxidation sites excluding steroid dienone is 1. The molecule has 1 aliphatic carbocycles. The van der Waals surface area contributed by atoms with E-state index in [1.165, 1.54) is 24.9 Å². The zero-order chi connectivity index (χ0) is 11.9. The highest BCUT2D eigenvalue weighted by atomic mass is 15.2. The smallest absolute Gasteiger partial charge is 0.0640 e. The third-order valence-electron chi connectivity index (χ3n) is 3.18. The zero-order valence-corrected chi connectivity index (χ0v) is 10.0. The molecule has 1 unspecified atom stereocenters. The van der Waals surface area contributed by atoms with Gasteiger partial charge in [-0.2, -0.15) is 5.26 Å². The minimum atomic E-state index is 0.458. The highest BCUT2D eigenvalue weighted by Crippen LogP contribution is 2.23. The first-order valence-corrected chi connectivity index (χ1v) is 6.27. The van der Waals surface area contributed by atoms with Gasteiger partial charge in [0.1, 0.15) is 0 Å². The molecule has 0 bridgehead atoms. The fourth-order valence-corrected chi connectivity index (χ4v) is 2.33. The van der Waals surface area contributed by atoms with E-state index < -0.39 is 0 Å². The molecular weight excluding hydrogens is 208 g/mol. The molecule has 0 fully saturated rings. The molecule has 0 aromatic heterocycles. The van der Waals surface area contributed by atoms with Crippen LogP contribution >= 0.6 is 0 Å². The maximum atomic E-state index is 8.77. The Morgan fingerprint density at radius 2 is 2.12 bits per heavy atom. The van der Waals surface area contributed by atoms with E-state index in [2.05, 4.69) is 47.4 Å². The second kappa shape index (κ2) is 6.10. The fraction of sp³-hybridized carbons (Fsp3) is 0.400. The van der Waals surface area contributed by atoms with Crippen molar-refractivity contribution in [2.24, 2.45) is 0 Å². The van der Waals surface area contributed by atoms with Gasteiger partial charge in [-0.05, 0) is 31.4 Å². The Balaban J connectivity index is 2.16. The first-order chi connectivity index (χ1) is 8.42. The van der Waals surface area contributed by atoms with Crippen molar-refractivity contribution in [3.8, 4) is 6.07 Å². The number of benzene rings is 1. The van der Waals surface area contributed by atoms with E-state index in [1.54, 1.807) is 0 Å². The summed E-state index contributed by atoms with van der Waals surface area (Å²) in [5, 5.41) is 8.77. The summed E-state index contributed by atoms with van der Waals surface area (Å²) in [6.45, 7) is 0.815. The van der Waals surface area contributed by atoms with Gasteiger partial charge < -0.3 is 4.90 Å². The minimum absolute atomic E-state index is 0.458. The lowest BCUT2D eigenvalue weighted by atomic mass is 10.0. The van der Waals surface area contributed by atoms with E-state index in [4.69, 9.17) is 5.26 Å². The normalized spacial score (nSPS) is 18.6. The number of anilines is 1. The van der Waals surface area contributed by atoms with Crippen molar-refractivity contribution in [3.05, 3.63) is 42.5 Å². The van der Waals surface area contributed by atoms with Crippen LogP contribution in [0.1, 0.15) is 25.7 Å². The van der Waals surface area contributed by atoms with E-state index in [1.807, 2.05) is 6.07 Å². The van der Waals surface area contributed by atoms with Crippen molar-refractivity contribution >= 4 is 5.69 Å². The standard InChI is InChI=1S/C15H18N2/c16-12-7-13-17(14-8-3-1-4-9-14)15-10-5-2-6-11-15/h1,3-5,8-10,15H,2,6-7,11,13H2. The van der Waals surface area contributed by atoms with Crippen molar-refractivity contribution in [2.75, 3.05) is 11.4 Å². The maximum absolute atomic E-state index is 8.77. The Morgan fingerprint density at radius 1 is 1.29 bits per heavy atom. The second-order valence-corrected chi connectivity index (χ2v) is 4.36. The number of nitriles is 1. The van der Waals surface area contributed by atoms with Crippen LogP contribution in [0.4, 0.5) is 5.69 Å². The van der Waals surface area contributed by atoms with Crippen LogP contribution in [0.5, 0.6) is 0 Å². The molecule has 88 valence electrons. The van der Waals surface area contributed by atoms with Gasteiger partial charge in [-0.3, -0.25) is 0 Å². The predicted octanol–water partition coefficient (Wildman–Crippen LogP) is 3.52. The Kier molecular flexibility index (Phi) is 4.21. The summed E-state index contributed by atoms with van der Waals surface area (Å²) in [5.41, 5.74) is 1.22. The van der Waals surface area contributed by atoms with Crippen molar-refractivity contribution in [3.63, 3.8) is 0 Å². The van der Waals surface area contributed by atoms with E-state index in [0.29, 0.717) is 12.5 Å². The lowest BCUT2D eigenvalue weighted by molar-refractivity contribution is 0.589. The zero-order valence-electron chi connectivity index (χ0n) is 10.0. The third-order valence-corrected chi connectivity index (χ3v) is 3.18. The Hall–Kier alpha value is -1.75. The van der Waals surface area contributed by atoms with Crippen LogP contribution in [0, 0.1) is 11.3 Å². The van der Waals surface area contributed by atoms with Crippen LogP contribution in [-0.4, -0.2) is 12.6 Å². The molecule has 0 amide bonds. The molecule has 2 nitrogen and oxygen atoms in total. The largest absolute Gasteiger partial charge is 0.364 e. The Morgan fingerprint density at radius 3 is 2.76 bits per heavy atom. The van der Waals surface area contributed by atoms with Crippen LogP contribution in [0.25, 0.3) is 0 Å². The van der Waals surface area contributed by atoms with Gasteiger partial charge >= 0.3 is 0 Å². The average molecular weight is 226 g/mol. The summed E-state index contributed by atoms with van der Waals surface area (Å²) in [5.74, 6) is 0. The molecule has 0 aliphatic heterocycles. The van der Waals surface area contributed by atoms with E-state index in [9.17, 15) is 0 Å². The summed E-state index contributed by atoms with van der Waals surface area (Å²) in [6.07, 6.45) is 8.76. The molecule has 1 aliphatic rings. The lowest BCUT2D eigenvalue weighted by Gasteiger charge is -2.33. The monoisotopic (exact) mass is 226 g/mol. The van der Waals surface area contributed by atoms with Gasteiger partial charge in [0.25, 0.3) is 0 Å². The topological polar surface area (TPSA) is 27.0 Å². The molecule has 1 atom stereocenters. The molecule has 1 aromatic rings. The highest BCUT2D eigenvalue weighted by Gasteiger charge is 2.17. The summed E-state index contributed by atoms with van der Waals surface area (Å²) >= 11 is 0. The van der Waals surface area contributed by atoms with E-state index in [-0.39, 0.29) is 0 Å². The van der Waals surface area contributed by atoms with Crippen LogP contribution in [0.3, 0.4) is 0 Å². The molecule has 1 aromatic carbocycles. The maximum Gasteiger partial charge on any atom is 0.0640 e. The molecule has 0 saturated heterocycles. The quantitative estimate of drug-likeness (QED) is 0.734. The van der Waals surface area contributed by atoms with Gasteiger partial charge in [0.15, 0.2) is 0 Å². The molecule has 0 N–H and O–H groups in total. The third kappa shape index (κ3) is 3.10. The van der Waals surface area contributed by atoms with Gasteiger partial charge in [0, 0.05) is 18.3 Å². The van der Waals surface area contributed by atoms with Gasteiger partial charge in [-0.15, -0.1) is 0 Å². The Bertz CT molecular complexity index is 403. The second-order valence-electron chi connectivity index (χ2n) is 4.36. The van der Waals surface area contributed by atoms with Crippen LogP contribution in [0.2, 0.25) is 0 Å². The van der Waals surface area contributed by atoms with Gasteiger partial charge in [-0.1, -0.05) is 30.4 Å². The molecule has 0 saturated carbocycles. The molecule has 17 heavy (non-hydrogen) atoms. The van der Waals surface area contributed by atoms with Crippen molar-refractivity contribution in [2.45, 2.75) is 31.7 Å². The molecule has 0 radical (unpaired) electrons. The van der Waals surface area contributed by atoms with Gasteiger partial charge in [0.2, 0.25) is 0 Å². The molecule has 2 heteroatoms. The van der Waals surface area contributed by atoms with Crippen molar-refractivity contribution in [1.29, 1.82) is 5.26 Å². The average Bonchev–Trinajstić information content (AvgIpc) is 2.42. The first kappa shape index (κ1) is 11.7. The minimum Gasteiger partial charge on any atom is -0.364 e. The van der Waals surface area contributed by atoms with Crippen LogP contribution in [-0.2, 0) is 0 Å². The summed E-state index contributed by atoms with van der Waals surface area (Å²) < 4.78 is 0. The number of hydrogen-bond donors (Lipinski definition) is 0. The van der Waals surface area contributed by atoms with Gasteiger partial charge in [0.05, 0.1) is 12.5 Å². The number of para-hydroxylation sites is 1. The van der Waals surface area contributed by atoms with Crippen molar-refractivity contribution in [1.82, 2.24) is 0 Å². The summed E-state index contributed by atoms with van der Waals surface area (Å²) in [6, 6.07) is 13.1. The number of nitrogens with zero attached hydrogens (tertiary/aromatic N) is 2. The van der Waals surface area contributed by atoms with E-state index >= 15 is 0 Å². The summed E-state index contributed by atoms with van der Waals surface area (Å²) in [4.78, 5) is 2.35. The van der Waals surface area contributed by atoms with Crippen LogP contribution in [0.15, 0.2) is 42.5 Å². The summed E-state index contributed by atoms with van der Waals surface area (Å²) in [7, 11) is 0. The Labute approximate surface area is 103 Å². The number of hydrogen-bond acceptors (Lipinski definition) is 2.